The maximum atomic E-state index is 13.1. The normalized spacial score (nSPS) is 17.0. The molecular formula is C12H20FNS. The number of thiophene rings is 1. The first kappa shape index (κ1) is 12.7. The van der Waals surface area contributed by atoms with Gasteiger partial charge in [0.05, 0.1) is 4.88 Å². The molecular weight excluding hydrogens is 209 g/mol. The van der Waals surface area contributed by atoms with Crippen LogP contribution in [0.25, 0.3) is 0 Å². The van der Waals surface area contributed by atoms with E-state index in [2.05, 4.69) is 4.90 Å². The first-order chi connectivity index (χ1) is 7.36. The van der Waals surface area contributed by atoms with Crippen molar-refractivity contribution in [2.24, 2.45) is 0 Å². The van der Waals surface area contributed by atoms with Gasteiger partial charge in [-0.2, -0.15) is 0 Å². The largest absolute Gasteiger partial charge is 0.298 e. The highest BCUT2D eigenvalue weighted by atomic mass is 32.1. The van der Waals surface area contributed by atoms with Gasteiger partial charge in [0.2, 0.25) is 0 Å². The lowest BCUT2D eigenvalue weighted by atomic mass is 10.1. The van der Waals surface area contributed by atoms with Crippen molar-refractivity contribution < 1.29 is 4.39 Å². The highest BCUT2D eigenvalue weighted by Gasteiger charge is 2.12. The molecule has 2 rings (SSSR count). The summed E-state index contributed by atoms with van der Waals surface area (Å²) < 4.78 is 13.1. The molecule has 1 saturated heterocycles. The fraction of sp³-hybridized carbons (Fsp3) is 0.667. The first-order valence-electron chi connectivity index (χ1n) is 5.80. The van der Waals surface area contributed by atoms with Crippen molar-refractivity contribution in [2.45, 2.75) is 39.7 Å². The molecule has 0 unspecified atom stereocenters. The van der Waals surface area contributed by atoms with Crippen LogP contribution in [0.1, 0.15) is 38.0 Å². The Morgan fingerprint density at radius 3 is 2.47 bits per heavy atom. The van der Waals surface area contributed by atoms with E-state index in [1.165, 1.54) is 30.6 Å². The second kappa shape index (κ2) is 6.96. The van der Waals surface area contributed by atoms with Crippen LogP contribution in [0.15, 0.2) is 11.4 Å². The van der Waals surface area contributed by atoms with Crippen LogP contribution in [0.2, 0.25) is 0 Å². The maximum absolute atomic E-state index is 13.1. The smallest absolute Gasteiger partial charge is 0.138 e. The Labute approximate surface area is 95.9 Å². The van der Waals surface area contributed by atoms with Crippen molar-refractivity contribution in [3.63, 3.8) is 0 Å². The van der Waals surface area contributed by atoms with Gasteiger partial charge < -0.3 is 0 Å². The zero-order valence-electron chi connectivity index (χ0n) is 9.63. The van der Waals surface area contributed by atoms with Gasteiger partial charge in [0.15, 0.2) is 0 Å². The predicted molar refractivity (Wildman–Crippen MR) is 64.8 cm³/mol. The summed E-state index contributed by atoms with van der Waals surface area (Å²) in [7, 11) is 0. The van der Waals surface area contributed by atoms with Crippen LogP contribution < -0.4 is 0 Å². The molecule has 0 saturated carbocycles. The van der Waals surface area contributed by atoms with Crippen molar-refractivity contribution in [3.8, 4) is 0 Å². The third-order valence-corrected chi connectivity index (χ3v) is 3.39. The highest BCUT2D eigenvalue weighted by Crippen LogP contribution is 2.19. The van der Waals surface area contributed by atoms with Crippen LogP contribution in [0.5, 0.6) is 0 Å². The maximum Gasteiger partial charge on any atom is 0.138 e. The summed E-state index contributed by atoms with van der Waals surface area (Å²) >= 11 is 1.53. The zero-order chi connectivity index (χ0) is 11.1. The summed E-state index contributed by atoms with van der Waals surface area (Å²) in [5.41, 5.74) is 0. The molecule has 86 valence electrons. The SMILES string of the molecule is CC.Fc1ccsc1CN1CCCCC1. The van der Waals surface area contributed by atoms with E-state index in [-0.39, 0.29) is 5.82 Å². The van der Waals surface area contributed by atoms with E-state index in [0.717, 1.165) is 24.5 Å². The second-order valence-corrected chi connectivity index (χ2v) is 4.53. The second-order valence-electron chi connectivity index (χ2n) is 3.53. The van der Waals surface area contributed by atoms with Gasteiger partial charge in [-0.15, -0.1) is 11.3 Å². The number of nitrogens with zero attached hydrogens (tertiary/aromatic N) is 1. The van der Waals surface area contributed by atoms with E-state index < -0.39 is 0 Å². The summed E-state index contributed by atoms with van der Waals surface area (Å²) in [5.74, 6) is -0.0319. The summed E-state index contributed by atoms with van der Waals surface area (Å²) in [6, 6.07) is 1.56. The summed E-state index contributed by atoms with van der Waals surface area (Å²) in [5, 5.41) is 1.83. The van der Waals surface area contributed by atoms with Crippen LogP contribution in [-0.2, 0) is 6.54 Å². The van der Waals surface area contributed by atoms with Crippen LogP contribution in [0.3, 0.4) is 0 Å². The van der Waals surface area contributed by atoms with Crippen molar-refractivity contribution in [3.05, 3.63) is 22.1 Å². The molecule has 3 heteroatoms. The first-order valence-corrected chi connectivity index (χ1v) is 6.68. The van der Waals surface area contributed by atoms with E-state index in [0.29, 0.717) is 0 Å². The lowest BCUT2D eigenvalue weighted by Crippen LogP contribution is -2.28. The van der Waals surface area contributed by atoms with Gasteiger partial charge >= 0.3 is 0 Å². The number of piperidine rings is 1. The Morgan fingerprint density at radius 2 is 1.93 bits per heavy atom. The molecule has 1 aliphatic heterocycles. The van der Waals surface area contributed by atoms with Crippen LogP contribution in [-0.4, -0.2) is 18.0 Å². The van der Waals surface area contributed by atoms with Crippen LogP contribution >= 0.6 is 11.3 Å². The molecule has 0 spiro atoms. The molecule has 1 nitrogen and oxygen atoms in total. The van der Waals surface area contributed by atoms with Crippen molar-refractivity contribution >= 4 is 11.3 Å². The monoisotopic (exact) mass is 229 g/mol. The minimum absolute atomic E-state index is 0.0319. The van der Waals surface area contributed by atoms with Gasteiger partial charge in [-0.3, -0.25) is 4.90 Å². The third-order valence-electron chi connectivity index (χ3n) is 2.51. The average Bonchev–Trinajstić information content (AvgIpc) is 2.69. The Bertz CT molecular complexity index is 266. The van der Waals surface area contributed by atoms with Gasteiger partial charge in [-0.25, -0.2) is 4.39 Å². The molecule has 1 aliphatic rings. The zero-order valence-corrected chi connectivity index (χ0v) is 10.4. The molecule has 0 aromatic carbocycles. The van der Waals surface area contributed by atoms with Crippen LogP contribution in [0, 0.1) is 5.82 Å². The molecule has 0 atom stereocenters. The Hall–Kier alpha value is -0.410. The molecule has 1 aromatic rings. The Balaban J connectivity index is 0.000000531. The lowest BCUT2D eigenvalue weighted by Gasteiger charge is -2.25. The molecule has 0 bridgehead atoms. The van der Waals surface area contributed by atoms with E-state index in [4.69, 9.17) is 0 Å². The van der Waals surface area contributed by atoms with E-state index in [1.807, 2.05) is 19.2 Å². The molecule has 1 aromatic heterocycles. The topological polar surface area (TPSA) is 3.24 Å². The van der Waals surface area contributed by atoms with E-state index >= 15 is 0 Å². The van der Waals surface area contributed by atoms with Gasteiger partial charge in [0.25, 0.3) is 0 Å². The van der Waals surface area contributed by atoms with Crippen LogP contribution in [0.4, 0.5) is 4.39 Å². The fourth-order valence-electron chi connectivity index (χ4n) is 1.76. The number of hydrogen-bond acceptors (Lipinski definition) is 2. The summed E-state index contributed by atoms with van der Waals surface area (Å²) in [6.45, 7) is 7.08. The van der Waals surface area contributed by atoms with Gasteiger partial charge in [0.1, 0.15) is 5.82 Å². The predicted octanol–water partition coefficient (Wildman–Crippen LogP) is 3.90. The standard InChI is InChI=1S/C10H14FNS.C2H6/c11-9-4-7-13-10(9)8-12-5-2-1-3-6-12;1-2/h4,7H,1-3,5-6,8H2;1-2H3. The minimum Gasteiger partial charge on any atom is -0.298 e. The minimum atomic E-state index is -0.0319. The van der Waals surface area contributed by atoms with Crippen molar-refractivity contribution in [2.75, 3.05) is 13.1 Å². The highest BCUT2D eigenvalue weighted by molar-refractivity contribution is 7.09. The van der Waals surface area contributed by atoms with Crippen molar-refractivity contribution in [1.82, 2.24) is 4.90 Å². The molecule has 1 fully saturated rings. The number of halogens is 1. The number of likely N-dealkylation sites (tertiary alicyclic amines) is 1. The van der Waals surface area contributed by atoms with Crippen molar-refractivity contribution in [1.29, 1.82) is 0 Å². The average molecular weight is 229 g/mol. The molecule has 0 radical (unpaired) electrons. The number of rotatable bonds is 2. The Morgan fingerprint density at radius 1 is 1.27 bits per heavy atom. The van der Waals surface area contributed by atoms with Gasteiger partial charge in [0, 0.05) is 6.54 Å². The fourth-order valence-corrected chi connectivity index (χ4v) is 2.55. The van der Waals surface area contributed by atoms with E-state index in [1.54, 1.807) is 6.07 Å². The van der Waals surface area contributed by atoms with Gasteiger partial charge in [-0.1, -0.05) is 20.3 Å². The Kier molecular flexibility index (Phi) is 5.88. The molecule has 0 amide bonds. The molecule has 15 heavy (non-hydrogen) atoms. The summed E-state index contributed by atoms with van der Waals surface area (Å²) in [6.07, 6.45) is 3.88. The third kappa shape index (κ3) is 3.92. The molecule has 2 heterocycles. The van der Waals surface area contributed by atoms with Gasteiger partial charge in [-0.05, 0) is 37.4 Å². The molecule has 0 aliphatic carbocycles. The van der Waals surface area contributed by atoms with E-state index in [9.17, 15) is 4.39 Å². The lowest BCUT2D eigenvalue weighted by molar-refractivity contribution is 0.220. The molecule has 0 N–H and O–H groups in total. The quantitative estimate of drug-likeness (QED) is 0.743. The number of hydrogen-bond donors (Lipinski definition) is 0. The summed E-state index contributed by atoms with van der Waals surface area (Å²) in [4.78, 5) is 3.24.